The summed E-state index contributed by atoms with van der Waals surface area (Å²) >= 11 is 0. The van der Waals surface area contributed by atoms with Gasteiger partial charge in [-0.05, 0) is 30.3 Å². The molecule has 1 fully saturated rings. The Morgan fingerprint density at radius 3 is 2.42 bits per heavy atom. The van der Waals surface area contributed by atoms with Crippen LogP contribution in [0.3, 0.4) is 0 Å². The lowest BCUT2D eigenvalue weighted by Crippen LogP contribution is -2.60. The monoisotopic (exact) mass is 319 g/mol. The van der Waals surface area contributed by atoms with Crippen molar-refractivity contribution in [2.45, 2.75) is 19.0 Å². The normalized spacial score (nSPS) is 14.3. The molecule has 4 nitrogen and oxygen atoms in total. The Bertz CT molecular complexity index is 728. The van der Waals surface area contributed by atoms with Crippen LogP contribution in [0.25, 0.3) is 0 Å². The number of rotatable bonds is 5. The summed E-state index contributed by atoms with van der Waals surface area (Å²) in [6, 6.07) is 20.1. The molecule has 4 heteroatoms. The first-order valence-corrected chi connectivity index (χ1v) is 8.16. The van der Waals surface area contributed by atoms with E-state index in [0.717, 1.165) is 25.2 Å². The third-order valence-corrected chi connectivity index (χ3v) is 4.55. The smallest absolute Gasteiger partial charge is 0.227 e. The van der Waals surface area contributed by atoms with E-state index < -0.39 is 0 Å². The Balaban J connectivity index is 1.47. The van der Waals surface area contributed by atoms with E-state index in [1.807, 2.05) is 23.1 Å². The van der Waals surface area contributed by atoms with Crippen molar-refractivity contribution in [3.05, 3.63) is 71.3 Å². The molecular weight excluding hydrogens is 298 g/mol. The minimum absolute atomic E-state index is 0.157. The van der Waals surface area contributed by atoms with E-state index in [4.69, 9.17) is 5.26 Å². The van der Waals surface area contributed by atoms with Crippen LogP contribution >= 0.6 is 0 Å². The number of carbonyl (C=O) groups is 1. The van der Waals surface area contributed by atoms with Crippen LogP contribution in [0.2, 0.25) is 0 Å². The van der Waals surface area contributed by atoms with E-state index in [1.165, 1.54) is 5.56 Å². The maximum Gasteiger partial charge on any atom is 0.227 e. The molecule has 2 aromatic rings. The first-order valence-electron chi connectivity index (χ1n) is 8.16. The highest BCUT2D eigenvalue weighted by Gasteiger charge is 2.32. The number of likely N-dealkylation sites (tertiary alicyclic amines) is 1. The van der Waals surface area contributed by atoms with Crippen molar-refractivity contribution in [1.29, 1.82) is 5.26 Å². The average molecular weight is 319 g/mol. The highest BCUT2D eigenvalue weighted by atomic mass is 16.2. The van der Waals surface area contributed by atoms with Crippen LogP contribution in [0.5, 0.6) is 0 Å². The molecule has 122 valence electrons. The van der Waals surface area contributed by atoms with Crippen molar-refractivity contribution in [1.82, 2.24) is 9.80 Å². The SMILES string of the molecule is CN(Cc1ccccc1)C1CN(C(=O)Cc2ccc(C#N)cc2)C1. The summed E-state index contributed by atoms with van der Waals surface area (Å²) in [5.41, 5.74) is 2.88. The van der Waals surface area contributed by atoms with Gasteiger partial charge in [-0.2, -0.15) is 5.26 Å². The minimum Gasteiger partial charge on any atom is -0.339 e. The summed E-state index contributed by atoms with van der Waals surface area (Å²) < 4.78 is 0. The van der Waals surface area contributed by atoms with Crippen molar-refractivity contribution >= 4 is 5.91 Å². The standard InChI is InChI=1S/C20H21N3O/c1-22(13-18-5-3-2-4-6-18)19-14-23(15-19)20(24)11-16-7-9-17(12-21)10-8-16/h2-10,19H,11,13-15H2,1H3. The number of hydrogen-bond donors (Lipinski definition) is 0. The molecule has 0 spiro atoms. The minimum atomic E-state index is 0.157. The Labute approximate surface area is 142 Å². The zero-order valence-electron chi connectivity index (χ0n) is 13.9. The summed E-state index contributed by atoms with van der Waals surface area (Å²) in [6.45, 7) is 2.49. The summed E-state index contributed by atoms with van der Waals surface area (Å²) in [5.74, 6) is 0.157. The van der Waals surface area contributed by atoms with Gasteiger partial charge >= 0.3 is 0 Å². The van der Waals surface area contributed by atoms with Crippen molar-refractivity contribution < 1.29 is 4.79 Å². The summed E-state index contributed by atoms with van der Waals surface area (Å²) in [4.78, 5) is 16.5. The van der Waals surface area contributed by atoms with Gasteiger partial charge in [0.25, 0.3) is 0 Å². The summed E-state index contributed by atoms with van der Waals surface area (Å²) in [7, 11) is 2.11. The molecular formula is C20H21N3O. The highest BCUT2D eigenvalue weighted by Crippen LogP contribution is 2.17. The van der Waals surface area contributed by atoms with Gasteiger partial charge < -0.3 is 4.90 Å². The van der Waals surface area contributed by atoms with Gasteiger partial charge in [0.1, 0.15) is 0 Å². The molecule has 1 amide bonds. The fourth-order valence-electron chi connectivity index (χ4n) is 2.92. The van der Waals surface area contributed by atoms with Crippen LogP contribution in [0.15, 0.2) is 54.6 Å². The second-order valence-corrected chi connectivity index (χ2v) is 6.34. The Morgan fingerprint density at radius 2 is 1.79 bits per heavy atom. The molecule has 0 aromatic heterocycles. The first-order chi connectivity index (χ1) is 11.7. The van der Waals surface area contributed by atoms with Gasteiger partial charge in [0.05, 0.1) is 18.1 Å². The molecule has 0 atom stereocenters. The number of amides is 1. The number of nitrogens with zero attached hydrogens (tertiary/aromatic N) is 3. The maximum atomic E-state index is 12.3. The molecule has 1 aliphatic heterocycles. The predicted octanol–water partition coefficient (Wildman–Crippen LogP) is 2.44. The second kappa shape index (κ2) is 7.29. The lowest BCUT2D eigenvalue weighted by molar-refractivity contribution is -0.137. The van der Waals surface area contributed by atoms with Gasteiger partial charge in [-0.15, -0.1) is 0 Å². The Kier molecular flexibility index (Phi) is 4.93. The first kappa shape index (κ1) is 16.2. The molecule has 1 aliphatic rings. The third kappa shape index (κ3) is 3.81. The Hall–Kier alpha value is -2.64. The molecule has 1 saturated heterocycles. The van der Waals surface area contributed by atoms with Crippen molar-refractivity contribution in [3.63, 3.8) is 0 Å². The molecule has 0 N–H and O–H groups in total. The second-order valence-electron chi connectivity index (χ2n) is 6.34. The van der Waals surface area contributed by atoms with Crippen LogP contribution in [-0.2, 0) is 17.8 Å². The molecule has 1 heterocycles. The zero-order chi connectivity index (χ0) is 16.9. The van der Waals surface area contributed by atoms with E-state index in [1.54, 1.807) is 12.1 Å². The fraction of sp³-hybridized carbons (Fsp3) is 0.300. The van der Waals surface area contributed by atoms with Gasteiger partial charge in [-0.3, -0.25) is 9.69 Å². The molecule has 0 radical (unpaired) electrons. The van der Waals surface area contributed by atoms with Crippen molar-refractivity contribution in [2.24, 2.45) is 0 Å². The van der Waals surface area contributed by atoms with Gasteiger partial charge in [0.2, 0.25) is 5.91 Å². The summed E-state index contributed by atoms with van der Waals surface area (Å²) in [5, 5.41) is 8.80. The highest BCUT2D eigenvalue weighted by molar-refractivity contribution is 5.79. The quantitative estimate of drug-likeness (QED) is 0.850. The fourth-order valence-corrected chi connectivity index (χ4v) is 2.92. The average Bonchev–Trinajstić information content (AvgIpc) is 2.55. The van der Waals surface area contributed by atoms with Crippen molar-refractivity contribution in [2.75, 3.05) is 20.1 Å². The molecule has 0 bridgehead atoms. The van der Waals surface area contributed by atoms with E-state index in [-0.39, 0.29) is 5.91 Å². The molecule has 0 unspecified atom stereocenters. The van der Waals surface area contributed by atoms with Crippen LogP contribution in [-0.4, -0.2) is 41.9 Å². The molecule has 3 rings (SSSR count). The molecule has 0 saturated carbocycles. The lowest BCUT2D eigenvalue weighted by Gasteiger charge is -2.44. The van der Waals surface area contributed by atoms with Crippen LogP contribution in [0, 0.1) is 11.3 Å². The number of nitriles is 1. The topological polar surface area (TPSA) is 47.3 Å². The van der Waals surface area contributed by atoms with Crippen molar-refractivity contribution in [3.8, 4) is 6.07 Å². The van der Waals surface area contributed by atoms with Crippen LogP contribution in [0.1, 0.15) is 16.7 Å². The largest absolute Gasteiger partial charge is 0.339 e. The van der Waals surface area contributed by atoms with E-state index in [0.29, 0.717) is 18.0 Å². The Morgan fingerprint density at radius 1 is 1.12 bits per heavy atom. The molecule has 2 aromatic carbocycles. The van der Waals surface area contributed by atoms with E-state index in [2.05, 4.69) is 42.3 Å². The zero-order valence-corrected chi connectivity index (χ0v) is 13.9. The van der Waals surface area contributed by atoms with Gasteiger partial charge in [-0.1, -0.05) is 42.5 Å². The maximum absolute atomic E-state index is 12.3. The lowest BCUT2D eigenvalue weighted by atomic mass is 10.0. The van der Waals surface area contributed by atoms with Gasteiger partial charge in [0, 0.05) is 25.7 Å². The molecule has 0 aliphatic carbocycles. The van der Waals surface area contributed by atoms with Gasteiger partial charge in [-0.25, -0.2) is 0 Å². The van der Waals surface area contributed by atoms with E-state index in [9.17, 15) is 4.79 Å². The number of hydrogen-bond acceptors (Lipinski definition) is 3. The van der Waals surface area contributed by atoms with Gasteiger partial charge in [0.15, 0.2) is 0 Å². The van der Waals surface area contributed by atoms with Crippen LogP contribution < -0.4 is 0 Å². The number of likely N-dealkylation sites (N-methyl/N-ethyl adjacent to an activating group) is 1. The number of benzene rings is 2. The number of carbonyl (C=O) groups excluding carboxylic acids is 1. The summed E-state index contributed by atoms with van der Waals surface area (Å²) in [6.07, 6.45) is 0.404. The predicted molar refractivity (Wildman–Crippen MR) is 93.1 cm³/mol. The molecule has 24 heavy (non-hydrogen) atoms. The van der Waals surface area contributed by atoms with Crippen LogP contribution in [0.4, 0.5) is 0 Å². The van der Waals surface area contributed by atoms with E-state index >= 15 is 0 Å². The third-order valence-electron chi connectivity index (χ3n) is 4.55.